The van der Waals surface area contributed by atoms with Gasteiger partial charge in [-0.3, -0.25) is 4.79 Å². The summed E-state index contributed by atoms with van der Waals surface area (Å²) in [7, 11) is 1.97. The molecule has 1 aromatic heterocycles. The molecule has 0 saturated carbocycles. The van der Waals surface area contributed by atoms with Crippen LogP contribution in [0.5, 0.6) is 0 Å². The van der Waals surface area contributed by atoms with E-state index in [1.54, 1.807) is 24.3 Å². The first-order valence-electron chi connectivity index (χ1n) is 6.35. The van der Waals surface area contributed by atoms with Gasteiger partial charge in [-0.2, -0.15) is 0 Å². The SMILES string of the molecule is Cn1ccc2cc(C(=O)Nc3cc(Cl)cc(Cl)c3)ccc21. The predicted octanol–water partition coefficient (Wildman–Crippen LogP) is 4.74. The fourth-order valence-electron chi connectivity index (χ4n) is 2.25. The number of nitrogens with zero attached hydrogens (tertiary/aromatic N) is 1. The first-order chi connectivity index (χ1) is 10.0. The number of hydrogen-bond donors (Lipinski definition) is 1. The third-order valence-electron chi connectivity index (χ3n) is 3.27. The maximum atomic E-state index is 12.3. The minimum absolute atomic E-state index is 0.195. The van der Waals surface area contributed by atoms with Crippen molar-refractivity contribution in [2.45, 2.75) is 0 Å². The minimum atomic E-state index is -0.195. The molecule has 0 aliphatic carbocycles. The summed E-state index contributed by atoms with van der Waals surface area (Å²) in [5.74, 6) is -0.195. The molecule has 0 atom stereocenters. The lowest BCUT2D eigenvalue weighted by molar-refractivity contribution is 0.102. The molecule has 106 valence electrons. The van der Waals surface area contributed by atoms with Crippen LogP contribution in [-0.2, 0) is 7.05 Å². The van der Waals surface area contributed by atoms with E-state index in [4.69, 9.17) is 23.2 Å². The van der Waals surface area contributed by atoms with E-state index in [9.17, 15) is 4.79 Å². The summed E-state index contributed by atoms with van der Waals surface area (Å²) in [6, 6.07) is 12.5. The summed E-state index contributed by atoms with van der Waals surface area (Å²) >= 11 is 11.8. The lowest BCUT2D eigenvalue weighted by Crippen LogP contribution is -2.11. The summed E-state index contributed by atoms with van der Waals surface area (Å²) < 4.78 is 2.01. The van der Waals surface area contributed by atoms with Crippen molar-refractivity contribution in [3.05, 3.63) is 64.3 Å². The Morgan fingerprint density at radius 3 is 2.48 bits per heavy atom. The van der Waals surface area contributed by atoms with E-state index < -0.39 is 0 Å². The molecule has 0 aliphatic rings. The molecule has 2 aromatic carbocycles. The number of fused-ring (bicyclic) bond motifs is 1. The first-order valence-corrected chi connectivity index (χ1v) is 7.11. The van der Waals surface area contributed by atoms with E-state index in [0.717, 1.165) is 10.9 Å². The highest BCUT2D eigenvalue weighted by molar-refractivity contribution is 6.35. The number of aromatic nitrogens is 1. The largest absolute Gasteiger partial charge is 0.351 e. The van der Waals surface area contributed by atoms with Gasteiger partial charge in [0.15, 0.2) is 0 Å². The van der Waals surface area contributed by atoms with Crippen molar-refractivity contribution in [3.8, 4) is 0 Å². The van der Waals surface area contributed by atoms with Crippen molar-refractivity contribution in [1.82, 2.24) is 4.57 Å². The van der Waals surface area contributed by atoms with Gasteiger partial charge in [-0.05, 0) is 42.5 Å². The highest BCUT2D eigenvalue weighted by Gasteiger charge is 2.09. The number of carbonyl (C=O) groups is 1. The van der Waals surface area contributed by atoms with Crippen molar-refractivity contribution in [3.63, 3.8) is 0 Å². The van der Waals surface area contributed by atoms with Crippen LogP contribution in [0.15, 0.2) is 48.7 Å². The zero-order valence-electron chi connectivity index (χ0n) is 11.2. The molecule has 1 N–H and O–H groups in total. The Bertz CT molecular complexity index is 819. The van der Waals surface area contributed by atoms with E-state index >= 15 is 0 Å². The Morgan fingerprint density at radius 2 is 1.76 bits per heavy atom. The second-order valence-corrected chi connectivity index (χ2v) is 5.69. The Morgan fingerprint density at radius 1 is 1.05 bits per heavy atom. The molecular formula is C16H12Cl2N2O. The Kier molecular flexibility index (Phi) is 3.62. The molecule has 3 aromatic rings. The summed E-state index contributed by atoms with van der Waals surface area (Å²) in [5, 5.41) is 4.78. The van der Waals surface area contributed by atoms with Crippen molar-refractivity contribution >= 4 is 45.7 Å². The van der Waals surface area contributed by atoms with Gasteiger partial charge in [0.2, 0.25) is 0 Å². The number of hydrogen-bond acceptors (Lipinski definition) is 1. The van der Waals surface area contributed by atoms with Crippen molar-refractivity contribution in [2.75, 3.05) is 5.32 Å². The van der Waals surface area contributed by atoms with E-state index in [-0.39, 0.29) is 5.91 Å². The van der Waals surface area contributed by atoms with Crippen LogP contribution in [0.1, 0.15) is 10.4 Å². The quantitative estimate of drug-likeness (QED) is 0.727. The van der Waals surface area contributed by atoms with Crippen LogP contribution >= 0.6 is 23.2 Å². The molecule has 0 saturated heterocycles. The monoisotopic (exact) mass is 318 g/mol. The molecular weight excluding hydrogens is 307 g/mol. The average molecular weight is 319 g/mol. The fraction of sp³-hybridized carbons (Fsp3) is 0.0625. The third kappa shape index (κ3) is 2.89. The van der Waals surface area contributed by atoms with Crippen LogP contribution in [0.25, 0.3) is 10.9 Å². The van der Waals surface area contributed by atoms with E-state index in [1.807, 2.05) is 36.0 Å². The topological polar surface area (TPSA) is 34.0 Å². The standard InChI is InChI=1S/C16H12Cl2N2O/c1-20-5-4-10-6-11(2-3-15(10)20)16(21)19-14-8-12(17)7-13(18)9-14/h2-9H,1H3,(H,19,21). The summed E-state index contributed by atoms with van der Waals surface area (Å²) in [6.45, 7) is 0. The average Bonchev–Trinajstić information content (AvgIpc) is 2.78. The first kappa shape index (κ1) is 14.0. The van der Waals surface area contributed by atoms with Crippen molar-refractivity contribution in [1.29, 1.82) is 0 Å². The molecule has 0 radical (unpaired) electrons. The number of halogens is 2. The maximum absolute atomic E-state index is 12.3. The molecule has 3 rings (SSSR count). The Balaban J connectivity index is 1.89. The summed E-state index contributed by atoms with van der Waals surface area (Å²) in [5.41, 5.74) is 2.24. The molecule has 3 nitrogen and oxygen atoms in total. The lowest BCUT2D eigenvalue weighted by atomic mass is 10.1. The lowest BCUT2D eigenvalue weighted by Gasteiger charge is -2.07. The van der Waals surface area contributed by atoms with Crippen LogP contribution in [0.4, 0.5) is 5.69 Å². The number of anilines is 1. The zero-order valence-corrected chi connectivity index (χ0v) is 12.7. The maximum Gasteiger partial charge on any atom is 0.255 e. The highest BCUT2D eigenvalue weighted by atomic mass is 35.5. The minimum Gasteiger partial charge on any atom is -0.351 e. The number of aryl methyl sites for hydroxylation is 1. The van der Waals surface area contributed by atoms with Gasteiger partial charge in [-0.15, -0.1) is 0 Å². The Labute approximate surface area is 132 Å². The molecule has 0 unspecified atom stereocenters. The fourth-order valence-corrected chi connectivity index (χ4v) is 2.78. The molecule has 0 spiro atoms. The van der Waals surface area contributed by atoms with E-state index in [1.165, 1.54) is 0 Å². The van der Waals surface area contributed by atoms with E-state index in [2.05, 4.69) is 5.32 Å². The van der Waals surface area contributed by atoms with Gasteiger partial charge >= 0.3 is 0 Å². The molecule has 0 bridgehead atoms. The molecule has 0 aliphatic heterocycles. The van der Waals surface area contributed by atoms with Gasteiger partial charge in [0.25, 0.3) is 5.91 Å². The zero-order chi connectivity index (χ0) is 15.0. The van der Waals surface area contributed by atoms with Gasteiger partial charge in [0.05, 0.1) is 0 Å². The number of benzene rings is 2. The number of nitrogens with one attached hydrogen (secondary N) is 1. The Hall–Kier alpha value is -1.97. The van der Waals surface area contributed by atoms with Gasteiger partial charge in [0.1, 0.15) is 0 Å². The molecule has 21 heavy (non-hydrogen) atoms. The number of carbonyl (C=O) groups excluding carboxylic acids is 1. The van der Waals surface area contributed by atoms with Crippen LogP contribution in [0.3, 0.4) is 0 Å². The third-order valence-corrected chi connectivity index (χ3v) is 3.70. The van der Waals surface area contributed by atoms with Crippen LogP contribution < -0.4 is 5.32 Å². The van der Waals surface area contributed by atoms with Crippen LogP contribution in [0.2, 0.25) is 10.0 Å². The van der Waals surface area contributed by atoms with Gasteiger partial charge in [0, 0.05) is 45.4 Å². The summed E-state index contributed by atoms with van der Waals surface area (Å²) in [4.78, 5) is 12.3. The molecule has 1 amide bonds. The smallest absolute Gasteiger partial charge is 0.255 e. The van der Waals surface area contributed by atoms with Gasteiger partial charge in [-0.1, -0.05) is 23.2 Å². The normalized spacial score (nSPS) is 10.8. The number of amides is 1. The highest BCUT2D eigenvalue weighted by Crippen LogP contribution is 2.23. The summed E-state index contributed by atoms with van der Waals surface area (Å²) in [6.07, 6.45) is 1.96. The van der Waals surface area contributed by atoms with Crippen LogP contribution in [-0.4, -0.2) is 10.5 Å². The van der Waals surface area contributed by atoms with E-state index in [0.29, 0.717) is 21.3 Å². The van der Waals surface area contributed by atoms with Crippen molar-refractivity contribution in [2.24, 2.45) is 7.05 Å². The molecule has 1 heterocycles. The predicted molar refractivity (Wildman–Crippen MR) is 87.3 cm³/mol. The van der Waals surface area contributed by atoms with Gasteiger partial charge < -0.3 is 9.88 Å². The molecule has 0 fully saturated rings. The van der Waals surface area contributed by atoms with Gasteiger partial charge in [-0.25, -0.2) is 0 Å². The number of rotatable bonds is 2. The second-order valence-electron chi connectivity index (χ2n) is 4.81. The van der Waals surface area contributed by atoms with Crippen molar-refractivity contribution < 1.29 is 4.79 Å². The molecule has 5 heteroatoms. The van der Waals surface area contributed by atoms with Crippen LogP contribution in [0, 0.1) is 0 Å². The second kappa shape index (κ2) is 5.43.